The quantitative estimate of drug-likeness (QED) is 0.426. The van der Waals surface area contributed by atoms with Crippen LogP contribution < -0.4 is 20.7 Å². The summed E-state index contributed by atoms with van der Waals surface area (Å²) in [4.78, 5) is 7.67. The Balaban J connectivity index is 1.23. The van der Waals surface area contributed by atoms with E-state index in [-0.39, 0.29) is 5.54 Å². The molecular weight excluding hydrogens is 464 g/mol. The van der Waals surface area contributed by atoms with Crippen LogP contribution in [-0.4, -0.2) is 52.3 Å². The van der Waals surface area contributed by atoms with Gasteiger partial charge in [-0.1, -0.05) is 24.4 Å². The van der Waals surface area contributed by atoms with Gasteiger partial charge in [-0.05, 0) is 102 Å². The lowest BCUT2D eigenvalue weighted by Gasteiger charge is -2.50. The summed E-state index contributed by atoms with van der Waals surface area (Å²) in [6.07, 6.45) is 17.3. The molecule has 36 heavy (non-hydrogen) atoms. The van der Waals surface area contributed by atoms with Gasteiger partial charge >= 0.3 is 0 Å². The highest BCUT2D eigenvalue weighted by Crippen LogP contribution is 2.42. The van der Waals surface area contributed by atoms with E-state index in [2.05, 4.69) is 51.6 Å². The van der Waals surface area contributed by atoms with Crippen LogP contribution in [-0.2, 0) is 0 Å². The van der Waals surface area contributed by atoms with Crippen molar-refractivity contribution in [3.05, 3.63) is 30.1 Å². The number of hydrogen-bond acceptors (Lipinski definition) is 7. The van der Waals surface area contributed by atoms with Crippen molar-refractivity contribution in [1.82, 2.24) is 30.6 Å². The molecule has 4 saturated heterocycles. The molecule has 200 valence electrons. The van der Waals surface area contributed by atoms with Crippen molar-refractivity contribution in [2.45, 2.75) is 120 Å². The smallest absolute Gasteiger partial charge is 0.0690 e. The molecule has 1 aromatic heterocycles. The van der Waals surface area contributed by atoms with Crippen molar-refractivity contribution >= 4 is 11.9 Å². The van der Waals surface area contributed by atoms with Crippen LogP contribution in [0.1, 0.15) is 96.2 Å². The van der Waals surface area contributed by atoms with Gasteiger partial charge < -0.3 is 0 Å². The van der Waals surface area contributed by atoms with Gasteiger partial charge in [0.1, 0.15) is 0 Å². The molecule has 4 aliphatic heterocycles. The number of aromatic nitrogens is 1. The zero-order chi connectivity index (χ0) is 24.5. The van der Waals surface area contributed by atoms with Crippen LogP contribution in [0.25, 0.3) is 0 Å². The number of rotatable bonds is 2. The van der Waals surface area contributed by atoms with Crippen LogP contribution in [0.4, 0.5) is 0 Å². The molecule has 8 atom stereocenters. The number of nitrogens with one attached hydrogen (secondary N) is 4. The maximum atomic E-state index is 4.78. The summed E-state index contributed by atoms with van der Waals surface area (Å²) in [6, 6.07) is 7.43. The second-order valence-corrected chi connectivity index (χ2v) is 14.0. The Hall–Kier alpha value is -0.700. The van der Waals surface area contributed by atoms with E-state index in [0.717, 1.165) is 30.8 Å². The van der Waals surface area contributed by atoms with Crippen molar-refractivity contribution in [2.24, 2.45) is 17.8 Å². The summed E-state index contributed by atoms with van der Waals surface area (Å²) in [5, 5.41) is 12.6. The molecule has 5 aliphatic rings. The first-order valence-corrected chi connectivity index (χ1v) is 15.8. The van der Waals surface area contributed by atoms with Crippen LogP contribution in [0.3, 0.4) is 0 Å². The summed E-state index contributed by atoms with van der Waals surface area (Å²) >= 11 is 1.94. The third-order valence-corrected chi connectivity index (χ3v) is 11.0. The summed E-state index contributed by atoms with van der Waals surface area (Å²) < 4.78 is 3.86. The van der Waals surface area contributed by atoms with Crippen LogP contribution >= 0.6 is 11.9 Å². The second kappa shape index (κ2) is 11.2. The number of pyridine rings is 1. The molecule has 0 amide bonds. The average molecular weight is 513 g/mol. The minimum atomic E-state index is 0.248. The minimum absolute atomic E-state index is 0.248. The standard InChI is InChI=1S/C29H48N6S/c1-29(2)17-20-12-14-25(24-9-3-4-16-30-24)32-26-10-6-11-27(34-26)36-31-18-22-13-15-23(21-7-5-8-21)33-28(22)35(29)19-20/h3-4,9,16,20-23,25-28,31-34H,5-8,10-15,17-19H2,1-2H3/t20-,22?,23?,25+,26?,27?,28?/m0/s1. The lowest BCUT2D eigenvalue weighted by molar-refractivity contribution is 0.00648. The molecular formula is C29H48N6S. The fourth-order valence-corrected chi connectivity index (χ4v) is 8.81. The van der Waals surface area contributed by atoms with Crippen molar-refractivity contribution in [3.8, 4) is 0 Å². The van der Waals surface area contributed by atoms with Crippen LogP contribution in [0.2, 0.25) is 0 Å². The van der Waals surface area contributed by atoms with Crippen molar-refractivity contribution in [1.29, 1.82) is 0 Å². The van der Waals surface area contributed by atoms with Crippen LogP contribution in [0.5, 0.6) is 0 Å². The Kier molecular flexibility index (Phi) is 7.95. The molecule has 1 aliphatic carbocycles. The molecule has 0 radical (unpaired) electrons. The van der Waals surface area contributed by atoms with Gasteiger partial charge in [0.15, 0.2) is 0 Å². The zero-order valence-corrected chi connectivity index (χ0v) is 23.2. The fraction of sp³-hybridized carbons (Fsp3) is 0.828. The molecule has 0 spiro atoms. The third-order valence-electron chi connectivity index (χ3n) is 9.98. The topological polar surface area (TPSA) is 64.2 Å². The maximum Gasteiger partial charge on any atom is 0.0690 e. The van der Waals surface area contributed by atoms with Crippen molar-refractivity contribution in [2.75, 3.05) is 13.1 Å². The lowest BCUT2D eigenvalue weighted by atomic mass is 9.75. The molecule has 6 unspecified atom stereocenters. The van der Waals surface area contributed by atoms with Gasteiger partial charge in [-0.2, -0.15) is 0 Å². The van der Waals surface area contributed by atoms with Crippen molar-refractivity contribution < 1.29 is 0 Å². The van der Waals surface area contributed by atoms with E-state index < -0.39 is 0 Å². The first-order valence-electron chi connectivity index (χ1n) is 14.9. The SMILES string of the molecule is CC1(C)C[C@@H]2CC[C@H](c3ccccn3)NC3CCCC(N3)SNCC3CCC(C4CCC4)NC3N1C2. The van der Waals surface area contributed by atoms with E-state index in [4.69, 9.17) is 4.98 Å². The van der Waals surface area contributed by atoms with Gasteiger partial charge in [0.2, 0.25) is 0 Å². The summed E-state index contributed by atoms with van der Waals surface area (Å²) in [5.74, 6) is 2.34. The highest BCUT2D eigenvalue weighted by atomic mass is 32.2. The highest BCUT2D eigenvalue weighted by Gasteiger charge is 2.47. The molecule has 7 heteroatoms. The predicted octanol–water partition coefficient (Wildman–Crippen LogP) is 4.76. The molecule has 1 saturated carbocycles. The maximum absolute atomic E-state index is 4.78. The molecule has 5 heterocycles. The van der Waals surface area contributed by atoms with E-state index in [9.17, 15) is 0 Å². The molecule has 5 fully saturated rings. The van der Waals surface area contributed by atoms with Gasteiger partial charge in [-0.3, -0.25) is 30.6 Å². The first-order chi connectivity index (χ1) is 17.5. The monoisotopic (exact) mass is 512 g/mol. The molecule has 1 aromatic rings. The summed E-state index contributed by atoms with van der Waals surface area (Å²) in [6.45, 7) is 7.34. The van der Waals surface area contributed by atoms with E-state index in [0.29, 0.717) is 29.7 Å². The Morgan fingerprint density at radius 3 is 2.61 bits per heavy atom. The zero-order valence-electron chi connectivity index (χ0n) is 22.4. The van der Waals surface area contributed by atoms with Gasteiger partial charge in [0, 0.05) is 36.8 Å². The van der Waals surface area contributed by atoms with Gasteiger partial charge in [-0.15, -0.1) is 0 Å². The Morgan fingerprint density at radius 2 is 1.81 bits per heavy atom. The highest BCUT2D eigenvalue weighted by molar-refractivity contribution is 7.98. The molecule has 4 N–H and O–H groups in total. The van der Waals surface area contributed by atoms with Crippen molar-refractivity contribution in [3.63, 3.8) is 0 Å². The van der Waals surface area contributed by atoms with E-state index in [1.165, 1.54) is 76.4 Å². The lowest BCUT2D eigenvalue weighted by Crippen LogP contribution is -2.63. The number of hydrogen-bond donors (Lipinski definition) is 4. The normalized spacial score (nSPS) is 41.9. The minimum Gasteiger partial charge on any atom is -0.298 e. The van der Waals surface area contributed by atoms with Gasteiger partial charge in [0.05, 0.1) is 29.4 Å². The predicted molar refractivity (Wildman–Crippen MR) is 149 cm³/mol. The van der Waals surface area contributed by atoms with Gasteiger partial charge in [-0.25, -0.2) is 0 Å². The molecule has 4 bridgehead atoms. The van der Waals surface area contributed by atoms with E-state index in [1.54, 1.807) is 0 Å². The Bertz CT molecular complexity index is 847. The van der Waals surface area contributed by atoms with E-state index in [1.807, 2.05) is 24.2 Å². The summed E-state index contributed by atoms with van der Waals surface area (Å²) in [7, 11) is 0. The number of fused-ring (bicyclic) bond motifs is 6. The van der Waals surface area contributed by atoms with E-state index >= 15 is 0 Å². The molecule has 6 rings (SSSR count). The summed E-state index contributed by atoms with van der Waals surface area (Å²) in [5.41, 5.74) is 1.45. The molecule has 0 aromatic carbocycles. The second-order valence-electron chi connectivity index (χ2n) is 12.9. The average Bonchev–Trinajstić information content (AvgIpc) is 3.15. The fourth-order valence-electron chi connectivity index (χ4n) is 7.78. The largest absolute Gasteiger partial charge is 0.298 e. The number of piperidine rings is 2. The number of nitrogens with zero attached hydrogens (tertiary/aromatic N) is 2. The molecule has 6 nitrogen and oxygen atoms in total. The van der Waals surface area contributed by atoms with Crippen LogP contribution in [0, 0.1) is 17.8 Å². The Labute approximate surface area is 223 Å². The third kappa shape index (κ3) is 5.67. The van der Waals surface area contributed by atoms with Crippen LogP contribution in [0.15, 0.2) is 24.4 Å². The Morgan fingerprint density at radius 1 is 0.917 bits per heavy atom. The first kappa shape index (κ1) is 25.6. The van der Waals surface area contributed by atoms with Gasteiger partial charge in [0.25, 0.3) is 0 Å².